The van der Waals surface area contributed by atoms with E-state index in [9.17, 15) is 0 Å². The summed E-state index contributed by atoms with van der Waals surface area (Å²) in [6.45, 7) is 6.26. The maximum Gasteiger partial charge on any atom is 0.133 e. The van der Waals surface area contributed by atoms with Crippen molar-refractivity contribution in [3.8, 4) is 0 Å². The van der Waals surface area contributed by atoms with E-state index in [0.717, 1.165) is 62.7 Å². The Hall–Kier alpha value is -1.36. The molecule has 0 radical (unpaired) electrons. The van der Waals surface area contributed by atoms with E-state index in [1.165, 1.54) is 0 Å². The Labute approximate surface area is 115 Å². The molecule has 5 nitrogen and oxygen atoms in total. The first kappa shape index (κ1) is 15.7. The number of unbranched alkanes of at least 4 members (excludes halogenated alkanes) is 1. The third kappa shape index (κ3) is 6.38. The number of aliphatic hydroxyl groups is 1. The molecule has 0 aliphatic carbocycles. The van der Waals surface area contributed by atoms with Crippen molar-refractivity contribution >= 4 is 11.6 Å². The van der Waals surface area contributed by atoms with Gasteiger partial charge < -0.3 is 15.7 Å². The Morgan fingerprint density at radius 1 is 1.00 bits per heavy atom. The minimum atomic E-state index is 0.246. The molecule has 0 spiro atoms. The average molecular weight is 266 g/mol. The van der Waals surface area contributed by atoms with Crippen LogP contribution in [0.3, 0.4) is 0 Å². The molecule has 0 fully saturated rings. The van der Waals surface area contributed by atoms with E-state index >= 15 is 0 Å². The van der Waals surface area contributed by atoms with E-state index in [4.69, 9.17) is 5.11 Å². The van der Waals surface area contributed by atoms with E-state index in [2.05, 4.69) is 34.4 Å². The summed E-state index contributed by atoms with van der Waals surface area (Å²) in [5.41, 5.74) is 0. The number of nitrogens with zero attached hydrogens (tertiary/aromatic N) is 2. The molecule has 3 N–H and O–H groups in total. The van der Waals surface area contributed by atoms with E-state index in [0.29, 0.717) is 0 Å². The summed E-state index contributed by atoms with van der Waals surface area (Å²) >= 11 is 0. The molecule has 0 saturated carbocycles. The molecule has 19 heavy (non-hydrogen) atoms. The Morgan fingerprint density at radius 2 is 1.68 bits per heavy atom. The molecule has 0 aliphatic heterocycles. The number of anilines is 2. The fraction of sp³-hybridized carbons (Fsp3) is 0.714. The average Bonchev–Trinajstić information content (AvgIpc) is 2.42. The number of aryl methyl sites for hydroxylation is 1. The molecule has 5 heteroatoms. The molecular weight excluding hydrogens is 240 g/mol. The van der Waals surface area contributed by atoms with Crippen molar-refractivity contribution in [2.75, 3.05) is 30.3 Å². The quantitative estimate of drug-likeness (QED) is 0.567. The zero-order valence-electron chi connectivity index (χ0n) is 12.1. The molecule has 1 heterocycles. The number of hydrogen-bond acceptors (Lipinski definition) is 5. The standard InChI is InChI=1S/C14H26N4O/c1-3-7-12-17-13(15-8-4-2)11-14(18-12)16-9-5-6-10-19/h11,19H,3-10H2,1-2H3,(H2,15,16,17,18). The topological polar surface area (TPSA) is 70.1 Å². The van der Waals surface area contributed by atoms with Gasteiger partial charge in [-0.25, -0.2) is 9.97 Å². The molecule has 1 rings (SSSR count). The van der Waals surface area contributed by atoms with Crippen molar-refractivity contribution in [2.45, 2.75) is 46.0 Å². The van der Waals surface area contributed by atoms with Crippen molar-refractivity contribution in [3.63, 3.8) is 0 Å². The minimum absolute atomic E-state index is 0.246. The van der Waals surface area contributed by atoms with Gasteiger partial charge in [-0.05, 0) is 25.7 Å². The van der Waals surface area contributed by atoms with Gasteiger partial charge in [-0.2, -0.15) is 0 Å². The lowest BCUT2D eigenvalue weighted by atomic mass is 10.3. The van der Waals surface area contributed by atoms with Gasteiger partial charge in [0.05, 0.1) is 0 Å². The van der Waals surface area contributed by atoms with Crippen LogP contribution in [0, 0.1) is 0 Å². The Kier molecular flexibility index (Phi) is 7.89. The second-order valence-electron chi connectivity index (χ2n) is 4.59. The molecule has 0 atom stereocenters. The lowest BCUT2D eigenvalue weighted by Gasteiger charge is -2.10. The van der Waals surface area contributed by atoms with Crippen LogP contribution >= 0.6 is 0 Å². The number of nitrogens with one attached hydrogen (secondary N) is 2. The van der Waals surface area contributed by atoms with Crippen molar-refractivity contribution in [2.24, 2.45) is 0 Å². The van der Waals surface area contributed by atoms with Gasteiger partial charge in [0.15, 0.2) is 0 Å². The summed E-state index contributed by atoms with van der Waals surface area (Å²) in [4.78, 5) is 9.01. The van der Waals surface area contributed by atoms with E-state index < -0.39 is 0 Å². The van der Waals surface area contributed by atoms with Crippen LogP contribution in [0.15, 0.2) is 6.07 Å². The molecule has 0 unspecified atom stereocenters. The largest absolute Gasteiger partial charge is 0.396 e. The Balaban J connectivity index is 2.63. The van der Waals surface area contributed by atoms with Crippen LogP contribution < -0.4 is 10.6 Å². The van der Waals surface area contributed by atoms with Crippen LogP contribution in [-0.2, 0) is 6.42 Å². The van der Waals surface area contributed by atoms with Gasteiger partial charge in [-0.3, -0.25) is 0 Å². The van der Waals surface area contributed by atoms with Gasteiger partial charge in [-0.1, -0.05) is 13.8 Å². The van der Waals surface area contributed by atoms with Gasteiger partial charge in [0, 0.05) is 32.2 Å². The Morgan fingerprint density at radius 3 is 2.26 bits per heavy atom. The monoisotopic (exact) mass is 266 g/mol. The van der Waals surface area contributed by atoms with Gasteiger partial charge in [-0.15, -0.1) is 0 Å². The third-order valence-corrected chi connectivity index (χ3v) is 2.69. The van der Waals surface area contributed by atoms with Crippen LogP contribution in [0.1, 0.15) is 45.4 Å². The highest BCUT2D eigenvalue weighted by Crippen LogP contribution is 2.12. The smallest absolute Gasteiger partial charge is 0.133 e. The normalized spacial score (nSPS) is 10.5. The zero-order chi connectivity index (χ0) is 13.9. The van der Waals surface area contributed by atoms with Crippen LogP contribution in [0.2, 0.25) is 0 Å². The van der Waals surface area contributed by atoms with Gasteiger partial charge >= 0.3 is 0 Å². The van der Waals surface area contributed by atoms with Gasteiger partial charge in [0.25, 0.3) is 0 Å². The van der Waals surface area contributed by atoms with E-state index in [-0.39, 0.29) is 6.61 Å². The summed E-state index contributed by atoms with van der Waals surface area (Å²) in [7, 11) is 0. The minimum Gasteiger partial charge on any atom is -0.396 e. The summed E-state index contributed by atoms with van der Waals surface area (Å²) < 4.78 is 0. The molecule has 1 aromatic heterocycles. The summed E-state index contributed by atoms with van der Waals surface area (Å²) in [5, 5.41) is 15.4. The van der Waals surface area contributed by atoms with Crippen LogP contribution in [0.25, 0.3) is 0 Å². The number of aromatic nitrogens is 2. The lowest BCUT2D eigenvalue weighted by Crippen LogP contribution is -2.10. The molecule has 0 aliphatic rings. The first-order chi connectivity index (χ1) is 9.30. The Bertz CT molecular complexity index is 357. The van der Waals surface area contributed by atoms with Crippen molar-refractivity contribution in [1.29, 1.82) is 0 Å². The molecule has 1 aromatic rings. The second-order valence-corrected chi connectivity index (χ2v) is 4.59. The number of aliphatic hydroxyl groups excluding tert-OH is 1. The second kappa shape index (κ2) is 9.55. The van der Waals surface area contributed by atoms with Crippen LogP contribution in [-0.4, -0.2) is 34.8 Å². The predicted octanol–water partition coefficient (Wildman–Crippen LogP) is 2.44. The summed E-state index contributed by atoms with van der Waals surface area (Å²) in [6, 6.07) is 1.95. The van der Waals surface area contributed by atoms with Crippen molar-refractivity contribution in [1.82, 2.24) is 9.97 Å². The summed E-state index contributed by atoms with van der Waals surface area (Å²) in [6.07, 6.45) is 4.78. The number of rotatable bonds is 10. The molecule has 108 valence electrons. The maximum absolute atomic E-state index is 8.76. The molecule has 0 bridgehead atoms. The first-order valence-corrected chi connectivity index (χ1v) is 7.26. The molecule has 0 amide bonds. The van der Waals surface area contributed by atoms with Gasteiger partial charge in [0.2, 0.25) is 0 Å². The van der Waals surface area contributed by atoms with Gasteiger partial charge in [0.1, 0.15) is 17.5 Å². The zero-order valence-corrected chi connectivity index (χ0v) is 12.1. The predicted molar refractivity (Wildman–Crippen MR) is 79.6 cm³/mol. The lowest BCUT2D eigenvalue weighted by molar-refractivity contribution is 0.286. The van der Waals surface area contributed by atoms with Crippen molar-refractivity contribution < 1.29 is 5.11 Å². The highest BCUT2D eigenvalue weighted by Gasteiger charge is 2.03. The number of hydrogen-bond donors (Lipinski definition) is 3. The molecule has 0 aromatic carbocycles. The highest BCUT2D eigenvalue weighted by atomic mass is 16.2. The highest BCUT2D eigenvalue weighted by molar-refractivity contribution is 5.47. The van der Waals surface area contributed by atoms with Crippen LogP contribution in [0.5, 0.6) is 0 Å². The molecule has 0 saturated heterocycles. The fourth-order valence-corrected chi connectivity index (χ4v) is 1.72. The summed E-state index contributed by atoms with van der Waals surface area (Å²) in [5.74, 6) is 2.65. The van der Waals surface area contributed by atoms with E-state index in [1.54, 1.807) is 0 Å². The first-order valence-electron chi connectivity index (χ1n) is 7.26. The van der Waals surface area contributed by atoms with E-state index in [1.807, 2.05) is 6.07 Å². The van der Waals surface area contributed by atoms with Crippen molar-refractivity contribution in [3.05, 3.63) is 11.9 Å². The van der Waals surface area contributed by atoms with Crippen LogP contribution in [0.4, 0.5) is 11.6 Å². The SMILES string of the molecule is CCCNc1cc(NCCCCO)nc(CCC)n1. The third-order valence-electron chi connectivity index (χ3n) is 2.69. The maximum atomic E-state index is 8.76. The molecular formula is C14H26N4O. The fourth-order valence-electron chi connectivity index (χ4n) is 1.72.